The zero-order valence-electron chi connectivity index (χ0n) is 13.7. The molecule has 0 unspecified atom stereocenters. The molecule has 1 aromatic carbocycles. The molecule has 0 heterocycles. The van der Waals surface area contributed by atoms with Crippen LogP contribution in [-0.2, 0) is 4.74 Å². The Kier molecular flexibility index (Phi) is 8.83. The van der Waals surface area contributed by atoms with Gasteiger partial charge in [0.25, 0.3) is 0 Å². The molecule has 2 N–H and O–H groups in total. The number of rotatable bonds is 7. The van der Waals surface area contributed by atoms with Crippen molar-refractivity contribution in [3.05, 3.63) is 52.3 Å². The van der Waals surface area contributed by atoms with Crippen molar-refractivity contribution in [3.63, 3.8) is 0 Å². The molecule has 0 fully saturated rings. The maximum Gasteiger partial charge on any atom is 0.324 e. The number of carbonyl (C=O) groups excluding carboxylic acids is 1. The molecule has 0 spiro atoms. The molecule has 1 rings (SSSR count). The monoisotopic (exact) mass is 437 g/mol. The Labute approximate surface area is 156 Å². The Morgan fingerprint density at radius 1 is 1.35 bits per heavy atom. The van der Waals surface area contributed by atoms with E-state index in [2.05, 4.69) is 37.6 Å². The first-order valence-electron chi connectivity index (χ1n) is 7.18. The third-order valence-electron chi connectivity index (χ3n) is 2.81. The number of alkyl halides is 2. The first-order chi connectivity index (χ1) is 12.3. The van der Waals surface area contributed by atoms with E-state index in [9.17, 15) is 22.4 Å². The highest BCUT2D eigenvalue weighted by molar-refractivity contribution is 9.10. The van der Waals surface area contributed by atoms with Crippen LogP contribution < -0.4 is 10.6 Å². The Hall–Kier alpha value is -2.36. The van der Waals surface area contributed by atoms with Gasteiger partial charge in [0.1, 0.15) is 11.5 Å². The smallest absolute Gasteiger partial charge is 0.324 e. The van der Waals surface area contributed by atoms with Crippen LogP contribution in [0.4, 0.5) is 28.0 Å². The molecule has 0 saturated heterocycles. The van der Waals surface area contributed by atoms with Crippen molar-refractivity contribution in [1.29, 1.82) is 0 Å². The molecule has 2 amide bonds. The summed E-state index contributed by atoms with van der Waals surface area (Å²) >= 11 is 2.91. The van der Waals surface area contributed by atoms with E-state index in [1.54, 1.807) is 6.92 Å². The second kappa shape index (κ2) is 10.6. The molecule has 0 aliphatic heterocycles. The maximum absolute atomic E-state index is 13.7. The van der Waals surface area contributed by atoms with Crippen LogP contribution in [-0.4, -0.2) is 25.5 Å². The van der Waals surface area contributed by atoms with Gasteiger partial charge >= 0.3 is 6.03 Å². The lowest BCUT2D eigenvalue weighted by molar-refractivity contribution is 0.181. The number of nitrogens with one attached hydrogen (secondary N) is 2. The van der Waals surface area contributed by atoms with Gasteiger partial charge < -0.3 is 10.1 Å². The Balaban J connectivity index is 2.82. The lowest BCUT2D eigenvalue weighted by Gasteiger charge is -2.10. The minimum Gasteiger partial charge on any atom is -0.446 e. The van der Waals surface area contributed by atoms with Gasteiger partial charge in [-0.15, -0.1) is 0 Å². The van der Waals surface area contributed by atoms with E-state index < -0.39 is 36.9 Å². The Morgan fingerprint density at radius 3 is 2.50 bits per heavy atom. The van der Waals surface area contributed by atoms with Gasteiger partial charge in [-0.2, -0.15) is 4.99 Å². The number of nitrogens with zero attached hydrogens (tertiary/aromatic N) is 1. The van der Waals surface area contributed by atoms with Crippen molar-refractivity contribution < 1.29 is 27.1 Å². The van der Waals surface area contributed by atoms with Crippen LogP contribution in [0.5, 0.6) is 0 Å². The van der Waals surface area contributed by atoms with E-state index in [1.807, 2.05) is 5.32 Å². The van der Waals surface area contributed by atoms with Gasteiger partial charge in [-0.1, -0.05) is 28.1 Å². The third-order valence-corrected chi connectivity index (χ3v) is 3.27. The lowest BCUT2D eigenvalue weighted by Crippen LogP contribution is -2.28. The van der Waals surface area contributed by atoms with Crippen molar-refractivity contribution in [2.45, 2.75) is 13.3 Å². The van der Waals surface area contributed by atoms with Crippen LogP contribution in [0.1, 0.15) is 13.3 Å². The summed E-state index contributed by atoms with van der Waals surface area (Å²) in [7, 11) is 0. The van der Waals surface area contributed by atoms with Crippen LogP contribution in [0.15, 0.2) is 45.6 Å². The molecule has 0 aliphatic carbocycles. The van der Waals surface area contributed by atoms with Gasteiger partial charge in [-0.3, -0.25) is 9.71 Å². The molecule has 0 aromatic heterocycles. The SMILES string of the molecule is C=C(N=C(/C=C(\C)CCF)OCF)NC(=O)Nc1c(F)cc(Br)cc1F. The minimum atomic E-state index is -1.20. The lowest BCUT2D eigenvalue weighted by atomic mass is 10.2. The van der Waals surface area contributed by atoms with E-state index >= 15 is 0 Å². The molecule has 26 heavy (non-hydrogen) atoms. The molecule has 5 nitrogen and oxygen atoms in total. The molecular weight excluding hydrogens is 422 g/mol. The van der Waals surface area contributed by atoms with Crippen molar-refractivity contribution in [2.24, 2.45) is 4.99 Å². The molecule has 1 aromatic rings. The number of halogens is 5. The molecule has 142 valence electrons. The third kappa shape index (κ3) is 7.26. The molecule has 0 saturated carbocycles. The summed E-state index contributed by atoms with van der Waals surface area (Å²) in [5.41, 5.74) is -0.141. The number of aliphatic imine (C=N–C) groups is 1. The van der Waals surface area contributed by atoms with E-state index in [0.29, 0.717) is 5.57 Å². The number of ether oxygens (including phenoxy) is 1. The summed E-state index contributed by atoms with van der Waals surface area (Å²) in [4.78, 5) is 15.5. The fraction of sp³-hybridized carbons (Fsp3) is 0.250. The van der Waals surface area contributed by atoms with Gasteiger partial charge in [0.2, 0.25) is 12.8 Å². The number of amides is 2. The minimum absolute atomic E-state index is 0.0944. The zero-order chi connectivity index (χ0) is 19.7. The van der Waals surface area contributed by atoms with Gasteiger partial charge in [-0.25, -0.2) is 18.0 Å². The first-order valence-corrected chi connectivity index (χ1v) is 7.98. The van der Waals surface area contributed by atoms with Crippen LogP contribution >= 0.6 is 15.9 Å². The summed E-state index contributed by atoms with van der Waals surface area (Å²) in [6.07, 6.45) is 1.37. The van der Waals surface area contributed by atoms with E-state index in [1.165, 1.54) is 6.08 Å². The number of anilines is 1. The molecular formula is C16H16BrF4N3O2. The standard InChI is InChI=1S/C16H16BrF4N3O2/c1-9(3-4-18)5-14(26-8-19)22-10(2)23-16(25)24-15-12(20)6-11(17)7-13(15)21/h5-7H,2-4,8H2,1H3,(H2,23,24,25)/b9-5+,22-14?. The first kappa shape index (κ1) is 21.7. The highest BCUT2D eigenvalue weighted by atomic mass is 79.9. The number of hydrogen-bond donors (Lipinski definition) is 2. The number of urea groups is 1. The fourth-order valence-electron chi connectivity index (χ4n) is 1.69. The van der Waals surface area contributed by atoms with Crippen LogP contribution in [0.25, 0.3) is 0 Å². The largest absolute Gasteiger partial charge is 0.446 e. The molecule has 0 atom stereocenters. The van der Waals surface area contributed by atoms with Gasteiger partial charge in [0, 0.05) is 4.47 Å². The molecule has 0 aliphatic rings. The van der Waals surface area contributed by atoms with Crippen LogP contribution in [0.3, 0.4) is 0 Å². The Bertz CT molecular complexity index is 715. The zero-order valence-corrected chi connectivity index (χ0v) is 15.3. The van der Waals surface area contributed by atoms with Crippen LogP contribution in [0.2, 0.25) is 0 Å². The topological polar surface area (TPSA) is 62.7 Å². The summed E-state index contributed by atoms with van der Waals surface area (Å²) in [5, 5.41) is 4.08. The molecule has 10 heteroatoms. The van der Waals surface area contributed by atoms with Crippen molar-refractivity contribution in [1.82, 2.24) is 5.32 Å². The number of allylic oxidation sites excluding steroid dienone is 1. The summed E-state index contributed by atoms with van der Waals surface area (Å²) < 4.78 is 56.8. The number of carbonyl (C=O) groups is 1. The Morgan fingerprint density at radius 2 is 1.96 bits per heavy atom. The number of benzene rings is 1. The van der Waals surface area contributed by atoms with Crippen molar-refractivity contribution >= 4 is 33.5 Å². The fourth-order valence-corrected chi connectivity index (χ4v) is 2.09. The average Bonchev–Trinajstić information content (AvgIpc) is 2.51. The van der Waals surface area contributed by atoms with E-state index in [4.69, 9.17) is 0 Å². The predicted molar refractivity (Wildman–Crippen MR) is 94.2 cm³/mol. The van der Waals surface area contributed by atoms with E-state index in [0.717, 1.165) is 12.1 Å². The maximum atomic E-state index is 13.7. The van der Waals surface area contributed by atoms with E-state index in [-0.39, 0.29) is 22.6 Å². The predicted octanol–water partition coefficient (Wildman–Crippen LogP) is 4.97. The second-order valence-corrected chi connectivity index (χ2v) is 5.82. The van der Waals surface area contributed by atoms with Gasteiger partial charge in [0.05, 0.1) is 6.67 Å². The molecule has 0 radical (unpaired) electrons. The average molecular weight is 438 g/mol. The quantitative estimate of drug-likeness (QED) is 0.359. The second-order valence-electron chi connectivity index (χ2n) is 4.90. The summed E-state index contributed by atoms with van der Waals surface area (Å²) in [5.74, 6) is -2.52. The summed E-state index contributed by atoms with van der Waals surface area (Å²) in [6, 6.07) is 0.914. The molecule has 0 bridgehead atoms. The number of hydrogen-bond acceptors (Lipinski definition) is 3. The highest BCUT2D eigenvalue weighted by Gasteiger charge is 2.14. The van der Waals surface area contributed by atoms with Crippen molar-refractivity contribution in [2.75, 3.05) is 18.9 Å². The van der Waals surface area contributed by atoms with Crippen LogP contribution in [0, 0.1) is 11.6 Å². The summed E-state index contributed by atoms with van der Waals surface area (Å²) in [6.45, 7) is 3.18. The van der Waals surface area contributed by atoms with Gasteiger partial charge in [-0.05, 0) is 31.6 Å². The highest BCUT2D eigenvalue weighted by Crippen LogP contribution is 2.23. The van der Waals surface area contributed by atoms with Crippen molar-refractivity contribution in [3.8, 4) is 0 Å². The normalized spacial score (nSPS) is 11.9. The van der Waals surface area contributed by atoms with Gasteiger partial charge in [0.15, 0.2) is 11.6 Å².